The van der Waals surface area contributed by atoms with Crippen molar-refractivity contribution in [2.45, 2.75) is 57.6 Å². The highest BCUT2D eigenvalue weighted by molar-refractivity contribution is 7.92. The molecule has 0 aromatic heterocycles. The van der Waals surface area contributed by atoms with Crippen LogP contribution in [0, 0.1) is 6.92 Å². The van der Waals surface area contributed by atoms with E-state index in [-0.39, 0.29) is 29.1 Å². The predicted octanol–water partition coefficient (Wildman–Crippen LogP) is 4.54. The standard InChI is InChI=1S/C31H39N3O6S/c1-7-27(31(36)32-22(2)3)33(20-24-14-16-25(39-5)17-15-24)30(35)21-34(28-19-23(4)13-18-29(28)40-6)41(37,38)26-11-9-8-10-12-26/h8-19,22,27H,7,20-21H2,1-6H3,(H,32,36). The quantitative estimate of drug-likeness (QED) is 0.318. The molecule has 0 saturated heterocycles. The van der Waals surface area contributed by atoms with Crippen LogP contribution in [0.5, 0.6) is 11.5 Å². The Labute approximate surface area is 243 Å². The van der Waals surface area contributed by atoms with Gasteiger partial charge in [0, 0.05) is 12.6 Å². The fourth-order valence-corrected chi connectivity index (χ4v) is 5.89. The number of rotatable bonds is 13. The molecule has 1 N–H and O–H groups in total. The third kappa shape index (κ3) is 7.79. The van der Waals surface area contributed by atoms with Crippen molar-refractivity contribution in [3.8, 4) is 11.5 Å². The highest BCUT2D eigenvalue weighted by Gasteiger charge is 2.35. The van der Waals surface area contributed by atoms with Crippen LogP contribution in [0.25, 0.3) is 0 Å². The third-order valence-electron chi connectivity index (χ3n) is 6.54. The Hall–Kier alpha value is -4.05. The molecule has 0 aliphatic rings. The summed E-state index contributed by atoms with van der Waals surface area (Å²) in [4.78, 5) is 28.9. The molecule has 0 fully saturated rings. The number of methoxy groups -OCH3 is 2. The molecular weight excluding hydrogens is 542 g/mol. The summed E-state index contributed by atoms with van der Waals surface area (Å²) in [6.07, 6.45) is 0.333. The molecule has 0 radical (unpaired) electrons. The van der Waals surface area contributed by atoms with Crippen LogP contribution in [0.15, 0.2) is 77.7 Å². The van der Waals surface area contributed by atoms with E-state index in [1.54, 1.807) is 55.6 Å². The molecule has 3 aromatic carbocycles. The van der Waals surface area contributed by atoms with E-state index < -0.39 is 28.5 Å². The smallest absolute Gasteiger partial charge is 0.264 e. The van der Waals surface area contributed by atoms with Gasteiger partial charge in [0.15, 0.2) is 0 Å². The van der Waals surface area contributed by atoms with E-state index >= 15 is 0 Å². The van der Waals surface area contributed by atoms with Crippen LogP contribution < -0.4 is 19.1 Å². The molecule has 0 aliphatic carbocycles. The molecule has 0 heterocycles. The van der Waals surface area contributed by atoms with Gasteiger partial charge in [-0.2, -0.15) is 0 Å². The summed E-state index contributed by atoms with van der Waals surface area (Å²) >= 11 is 0. The zero-order valence-corrected chi connectivity index (χ0v) is 25.3. The highest BCUT2D eigenvalue weighted by atomic mass is 32.2. The van der Waals surface area contributed by atoms with Gasteiger partial charge in [0.1, 0.15) is 24.1 Å². The van der Waals surface area contributed by atoms with Crippen molar-refractivity contribution in [3.63, 3.8) is 0 Å². The number of ether oxygens (including phenoxy) is 2. The highest BCUT2D eigenvalue weighted by Crippen LogP contribution is 2.33. The van der Waals surface area contributed by atoms with Crippen LogP contribution in [0.2, 0.25) is 0 Å². The number of hydrogen-bond donors (Lipinski definition) is 1. The van der Waals surface area contributed by atoms with E-state index in [0.717, 1.165) is 15.4 Å². The summed E-state index contributed by atoms with van der Waals surface area (Å²) in [6, 6.07) is 19.3. The van der Waals surface area contributed by atoms with Gasteiger partial charge in [-0.1, -0.05) is 43.3 Å². The lowest BCUT2D eigenvalue weighted by molar-refractivity contribution is -0.140. The van der Waals surface area contributed by atoms with Crippen LogP contribution >= 0.6 is 0 Å². The number of carbonyl (C=O) groups excluding carboxylic acids is 2. The number of anilines is 1. The molecule has 41 heavy (non-hydrogen) atoms. The lowest BCUT2D eigenvalue weighted by atomic mass is 10.1. The topological polar surface area (TPSA) is 105 Å². The molecule has 1 unspecified atom stereocenters. The number of benzene rings is 3. The maximum Gasteiger partial charge on any atom is 0.264 e. The average molecular weight is 582 g/mol. The SMILES string of the molecule is CCC(C(=O)NC(C)C)N(Cc1ccc(OC)cc1)C(=O)CN(c1cc(C)ccc1OC)S(=O)(=O)c1ccccc1. The maximum absolute atomic E-state index is 14.2. The van der Waals surface area contributed by atoms with Crippen molar-refractivity contribution in [3.05, 3.63) is 83.9 Å². The Kier molecular flexibility index (Phi) is 10.8. The predicted molar refractivity (Wildman–Crippen MR) is 160 cm³/mol. The largest absolute Gasteiger partial charge is 0.497 e. The van der Waals surface area contributed by atoms with Crippen molar-refractivity contribution in [1.82, 2.24) is 10.2 Å². The minimum absolute atomic E-state index is 0.0302. The Bertz CT molecular complexity index is 1430. The first-order chi connectivity index (χ1) is 19.5. The second-order valence-electron chi connectivity index (χ2n) is 9.96. The van der Waals surface area contributed by atoms with Crippen molar-refractivity contribution >= 4 is 27.5 Å². The van der Waals surface area contributed by atoms with E-state index in [1.807, 2.05) is 39.8 Å². The lowest BCUT2D eigenvalue weighted by Crippen LogP contribution is -2.53. The first kappa shape index (κ1) is 31.5. The van der Waals surface area contributed by atoms with Gasteiger partial charge in [-0.3, -0.25) is 13.9 Å². The van der Waals surface area contributed by atoms with Crippen molar-refractivity contribution in [1.29, 1.82) is 0 Å². The van der Waals surface area contributed by atoms with Gasteiger partial charge in [0.25, 0.3) is 10.0 Å². The van der Waals surface area contributed by atoms with Crippen LogP contribution in [0.1, 0.15) is 38.3 Å². The van der Waals surface area contributed by atoms with E-state index in [4.69, 9.17) is 9.47 Å². The molecule has 0 bridgehead atoms. The van der Waals surface area contributed by atoms with E-state index in [2.05, 4.69) is 5.32 Å². The minimum atomic E-state index is -4.20. The van der Waals surface area contributed by atoms with Gasteiger partial charge < -0.3 is 19.7 Å². The molecule has 220 valence electrons. The van der Waals surface area contributed by atoms with Crippen LogP contribution in [-0.2, 0) is 26.2 Å². The minimum Gasteiger partial charge on any atom is -0.497 e. The monoisotopic (exact) mass is 581 g/mol. The van der Waals surface area contributed by atoms with Gasteiger partial charge in [-0.25, -0.2) is 8.42 Å². The number of aryl methyl sites for hydroxylation is 1. The molecule has 0 spiro atoms. The van der Waals surface area contributed by atoms with E-state index in [9.17, 15) is 18.0 Å². The lowest BCUT2D eigenvalue weighted by Gasteiger charge is -2.34. The summed E-state index contributed by atoms with van der Waals surface area (Å²) in [5, 5.41) is 2.90. The maximum atomic E-state index is 14.2. The molecule has 0 aliphatic heterocycles. The second-order valence-corrected chi connectivity index (χ2v) is 11.8. The van der Waals surface area contributed by atoms with Crippen LogP contribution in [0.4, 0.5) is 5.69 Å². The zero-order valence-electron chi connectivity index (χ0n) is 24.5. The number of hydrogen-bond acceptors (Lipinski definition) is 6. The molecule has 9 nitrogen and oxygen atoms in total. The van der Waals surface area contributed by atoms with Crippen molar-refractivity contribution in [2.24, 2.45) is 0 Å². The Morgan fingerprint density at radius 2 is 1.59 bits per heavy atom. The van der Waals surface area contributed by atoms with Gasteiger partial charge in [-0.15, -0.1) is 0 Å². The average Bonchev–Trinajstić information content (AvgIpc) is 2.96. The third-order valence-corrected chi connectivity index (χ3v) is 8.32. The number of sulfonamides is 1. The summed E-state index contributed by atoms with van der Waals surface area (Å²) in [7, 11) is -1.18. The number of amides is 2. The molecule has 10 heteroatoms. The molecule has 3 rings (SSSR count). The first-order valence-corrected chi connectivity index (χ1v) is 14.9. The Balaban J connectivity index is 2.11. The van der Waals surface area contributed by atoms with Gasteiger partial charge in [0.2, 0.25) is 11.8 Å². The molecular formula is C31H39N3O6S. The van der Waals surface area contributed by atoms with Crippen LogP contribution in [0.3, 0.4) is 0 Å². The van der Waals surface area contributed by atoms with Gasteiger partial charge >= 0.3 is 0 Å². The van der Waals surface area contributed by atoms with E-state index in [1.165, 1.54) is 24.1 Å². The van der Waals surface area contributed by atoms with E-state index in [0.29, 0.717) is 17.9 Å². The normalized spacial score (nSPS) is 12.0. The van der Waals surface area contributed by atoms with Crippen molar-refractivity contribution in [2.75, 3.05) is 25.1 Å². The number of carbonyl (C=O) groups is 2. The Morgan fingerprint density at radius 3 is 2.15 bits per heavy atom. The van der Waals surface area contributed by atoms with Gasteiger partial charge in [-0.05, 0) is 74.7 Å². The number of nitrogens with one attached hydrogen (secondary N) is 1. The molecule has 2 amide bonds. The Morgan fingerprint density at radius 1 is 0.927 bits per heavy atom. The second kappa shape index (κ2) is 14.0. The molecule has 3 aromatic rings. The fourth-order valence-electron chi connectivity index (χ4n) is 4.46. The van der Waals surface area contributed by atoms with Crippen LogP contribution in [-0.4, -0.2) is 58.0 Å². The first-order valence-electron chi connectivity index (χ1n) is 13.5. The zero-order chi connectivity index (χ0) is 30.2. The number of nitrogens with zero attached hydrogens (tertiary/aromatic N) is 2. The van der Waals surface area contributed by atoms with Gasteiger partial charge in [0.05, 0.1) is 24.8 Å². The fraction of sp³-hybridized carbons (Fsp3) is 0.355. The van der Waals surface area contributed by atoms with Crippen molar-refractivity contribution < 1.29 is 27.5 Å². The summed E-state index contributed by atoms with van der Waals surface area (Å²) < 4.78 is 39.9. The molecule has 1 atom stereocenters. The summed E-state index contributed by atoms with van der Waals surface area (Å²) in [5.41, 5.74) is 1.79. The molecule has 0 saturated carbocycles. The summed E-state index contributed by atoms with van der Waals surface area (Å²) in [6.45, 7) is 6.89. The summed E-state index contributed by atoms with van der Waals surface area (Å²) in [5.74, 6) is 0.113.